The van der Waals surface area contributed by atoms with E-state index in [1.807, 2.05) is 13.8 Å². The number of piperidine rings is 1. The van der Waals surface area contributed by atoms with E-state index in [-0.39, 0.29) is 23.3 Å². The van der Waals surface area contributed by atoms with E-state index in [0.29, 0.717) is 45.1 Å². The molecule has 33 heavy (non-hydrogen) atoms. The standard InChI is InChI=1S/C23H35N5O4S/c1-18(2)23(3,17-24)26-22(29)16-25-20-15-19(33(30,31)28-9-5-4-6-10-28)7-8-21(20)27-11-13-32-14-12-27/h7-8,15,18,25H,4-6,9-14,16H2,1-3H3,(H,26,29). The molecule has 1 unspecified atom stereocenters. The molecule has 0 aromatic heterocycles. The highest BCUT2D eigenvalue weighted by molar-refractivity contribution is 7.89. The lowest BCUT2D eigenvalue weighted by Gasteiger charge is -2.32. The van der Waals surface area contributed by atoms with Crippen LogP contribution in [0.5, 0.6) is 0 Å². The van der Waals surface area contributed by atoms with Crippen molar-refractivity contribution in [2.24, 2.45) is 5.92 Å². The largest absolute Gasteiger partial charge is 0.378 e. The molecular weight excluding hydrogens is 442 g/mol. The maximum atomic E-state index is 13.2. The Balaban J connectivity index is 1.84. The number of hydrogen-bond acceptors (Lipinski definition) is 7. The predicted molar refractivity (Wildman–Crippen MR) is 128 cm³/mol. The molecular formula is C23H35N5O4S. The van der Waals surface area contributed by atoms with Gasteiger partial charge < -0.3 is 20.3 Å². The van der Waals surface area contributed by atoms with Crippen LogP contribution < -0.4 is 15.5 Å². The van der Waals surface area contributed by atoms with Crippen LogP contribution in [0.4, 0.5) is 11.4 Å². The van der Waals surface area contributed by atoms with Gasteiger partial charge >= 0.3 is 0 Å². The number of nitrogens with zero attached hydrogens (tertiary/aromatic N) is 3. The number of carbonyl (C=O) groups excluding carboxylic acids is 1. The van der Waals surface area contributed by atoms with Crippen molar-refractivity contribution < 1.29 is 17.9 Å². The van der Waals surface area contributed by atoms with Crippen LogP contribution in [0.1, 0.15) is 40.0 Å². The minimum absolute atomic E-state index is 0.0617. The summed E-state index contributed by atoms with van der Waals surface area (Å²) in [6, 6.07) is 7.23. The zero-order valence-corrected chi connectivity index (χ0v) is 20.6. The number of amides is 1. The highest BCUT2D eigenvalue weighted by Crippen LogP contribution is 2.31. The van der Waals surface area contributed by atoms with Crippen molar-refractivity contribution in [1.29, 1.82) is 5.26 Å². The van der Waals surface area contributed by atoms with Crippen LogP contribution in [0.25, 0.3) is 0 Å². The van der Waals surface area contributed by atoms with Gasteiger partial charge in [-0.05, 0) is 43.9 Å². The monoisotopic (exact) mass is 477 g/mol. The minimum Gasteiger partial charge on any atom is -0.378 e. The quantitative estimate of drug-likeness (QED) is 0.590. The van der Waals surface area contributed by atoms with Gasteiger partial charge in [0.2, 0.25) is 15.9 Å². The summed E-state index contributed by atoms with van der Waals surface area (Å²) in [5, 5.41) is 15.4. The molecule has 1 aromatic carbocycles. The average Bonchev–Trinajstić information content (AvgIpc) is 2.83. The summed E-state index contributed by atoms with van der Waals surface area (Å²) in [5.41, 5.74) is 0.426. The lowest BCUT2D eigenvalue weighted by molar-refractivity contribution is -0.121. The molecule has 2 heterocycles. The second-order valence-corrected chi connectivity index (χ2v) is 11.1. The van der Waals surface area contributed by atoms with E-state index >= 15 is 0 Å². The van der Waals surface area contributed by atoms with Crippen molar-refractivity contribution >= 4 is 27.3 Å². The molecule has 0 bridgehead atoms. The van der Waals surface area contributed by atoms with Gasteiger partial charge in [-0.15, -0.1) is 0 Å². The van der Waals surface area contributed by atoms with Crippen LogP contribution in [0.15, 0.2) is 23.1 Å². The first-order chi connectivity index (χ1) is 15.7. The van der Waals surface area contributed by atoms with Gasteiger partial charge in [-0.1, -0.05) is 20.3 Å². The predicted octanol–water partition coefficient (Wildman–Crippen LogP) is 2.16. The third-order valence-corrected chi connectivity index (χ3v) is 8.39. The first-order valence-corrected chi connectivity index (χ1v) is 13.0. The lowest BCUT2D eigenvalue weighted by atomic mass is 9.90. The van der Waals surface area contributed by atoms with Crippen molar-refractivity contribution in [3.05, 3.63) is 18.2 Å². The Bertz CT molecular complexity index is 979. The Kier molecular flexibility index (Phi) is 8.21. The lowest BCUT2D eigenvalue weighted by Crippen LogP contribution is -2.50. The van der Waals surface area contributed by atoms with Crippen LogP contribution in [0, 0.1) is 17.2 Å². The molecule has 0 spiro atoms. The molecule has 1 aromatic rings. The molecule has 182 valence electrons. The van der Waals surface area contributed by atoms with Crippen molar-refractivity contribution in [3.8, 4) is 6.07 Å². The number of benzene rings is 1. The molecule has 2 N–H and O–H groups in total. The molecule has 0 aliphatic carbocycles. The molecule has 2 aliphatic rings. The molecule has 2 saturated heterocycles. The van der Waals surface area contributed by atoms with Crippen molar-refractivity contribution in [2.45, 2.75) is 50.5 Å². The Morgan fingerprint density at radius 1 is 1.18 bits per heavy atom. The number of carbonyl (C=O) groups is 1. The number of hydrogen-bond donors (Lipinski definition) is 2. The second kappa shape index (κ2) is 10.7. The van der Waals surface area contributed by atoms with E-state index in [2.05, 4.69) is 21.6 Å². The van der Waals surface area contributed by atoms with E-state index in [4.69, 9.17) is 4.74 Å². The van der Waals surface area contributed by atoms with Gasteiger partial charge in [0.25, 0.3) is 0 Å². The summed E-state index contributed by atoms with van der Waals surface area (Å²) >= 11 is 0. The van der Waals surface area contributed by atoms with E-state index in [0.717, 1.165) is 24.9 Å². The Morgan fingerprint density at radius 3 is 2.45 bits per heavy atom. The number of nitrogens with one attached hydrogen (secondary N) is 2. The Labute approximate surface area is 197 Å². The zero-order chi connectivity index (χ0) is 24.1. The number of rotatable bonds is 8. The molecule has 0 radical (unpaired) electrons. The van der Waals surface area contributed by atoms with Crippen LogP contribution >= 0.6 is 0 Å². The van der Waals surface area contributed by atoms with E-state index < -0.39 is 15.6 Å². The van der Waals surface area contributed by atoms with Gasteiger partial charge in [-0.25, -0.2) is 8.42 Å². The maximum absolute atomic E-state index is 13.2. The summed E-state index contributed by atoms with van der Waals surface area (Å²) < 4.78 is 33.4. The zero-order valence-electron chi connectivity index (χ0n) is 19.8. The summed E-state index contributed by atoms with van der Waals surface area (Å²) in [6.45, 7) is 8.96. The van der Waals surface area contributed by atoms with Crippen LogP contribution in [0.2, 0.25) is 0 Å². The van der Waals surface area contributed by atoms with Gasteiger partial charge in [-0.3, -0.25) is 4.79 Å². The number of morpholine rings is 1. The number of nitriles is 1. The first kappa shape index (κ1) is 25.3. The van der Waals surface area contributed by atoms with Crippen molar-refractivity contribution in [2.75, 3.05) is 56.2 Å². The smallest absolute Gasteiger partial charge is 0.243 e. The molecule has 1 amide bonds. The molecule has 10 heteroatoms. The fourth-order valence-corrected chi connectivity index (χ4v) is 5.51. The van der Waals surface area contributed by atoms with Crippen LogP contribution in [-0.2, 0) is 19.6 Å². The van der Waals surface area contributed by atoms with Gasteiger partial charge in [0.05, 0.1) is 42.1 Å². The summed E-state index contributed by atoms with van der Waals surface area (Å²) in [7, 11) is -3.61. The van der Waals surface area contributed by atoms with E-state index in [1.54, 1.807) is 25.1 Å². The first-order valence-electron chi connectivity index (χ1n) is 11.6. The third kappa shape index (κ3) is 5.96. The molecule has 2 fully saturated rings. The second-order valence-electron chi connectivity index (χ2n) is 9.11. The third-order valence-electron chi connectivity index (χ3n) is 6.50. The van der Waals surface area contributed by atoms with Gasteiger partial charge in [0.1, 0.15) is 5.54 Å². The van der Waals surface area contributed by atoms with Gasteiger partial charge in [-0.2, -0.15) is 9.57 Å². The number of anilines is 2. The van der Waals surface area contributed by atoms with Crippen molar-refractivity contribution in [1.82, 2.24) is 9.62 Å². The van der Waals surface area contributed by atoms with Crippen LogP contribution in [-0.4, -0.2) is 70.1 Å². The summed E-state index contributed by atoms with van der Waals surface area (Å²) in [6.07, 6.45) is 2.77. The fourth-order valence-electron chi connectivity index (χ4n) is 3.96. The average molecular weight is 478 g/mol. The number of ether oxygens (including phenoxy) is 1. The highest BCUT2D eigenvalue weighted by atomic mass is 32.2. The van der Waals surface area contributed by atoms with E-state index in [1.165, 1.54) is 4.31 Å². The van der Waals surface area contributed by atoms with E-state index in [9.17, 15) is 18.5 Å². The Hall–Kier alpha value is -2.35. The SMILES string of the molecule is CC(C)C(C)(C#N)NC(=O)CNc1cc(S(=O)(=O)N2CCCCC2)ccc1N1CCOCC1. The fraction of sp³-hybridized carbons (Fsp3) is 0.652. The van der Waals surface area contributed by atoms with Gasteiger partial charge in [0, 0.05) is 26.2 Å². The van der Waals surface area contributed by atoms with Crippen molar-refractivity contribution in [3.63, 3.8) is 0 Å². The highest BCUT2D eigenvalue weighted by Gasteiger charge is 2.30. The summed E-state index contributed by atoms with van der Waals surface area (Å²) in [4.78, 5) is 15.0. The molecule has 1 atom stereocenters. The molecule has 3 rings (SSSR count). The number of sulfonamides is 1. The topological polar surface area (TPSA) is 115 Å². The van der Waals surface area contributed by atoms with Crippen LogP contribution in [0.3, 0.4) is 0 Å². The normalized spacial score (nSPS) is 19.5. The van der Waals surface area contributed by atoms with Gasteiger partial charge in [0.15, 0.2) is 0 Å². The minimum atomic E-state index is -3.61. The molecule has 2 aliphatic heterocycles. The maximum Gasteiger partial charge on any atom is 0.243 e. The molecule has 9 nitrogen and oxygen atoms in total. The molecule has 0 saturated carbocycles. The Morgan fingerprint density at radius 2 is 1.85 bits per heavy atom. The summed E-state index contributed by atoms with van der Waals surface area (Å²) in [5.74, 6) is -0.390.